The van der Waals surface area contributed by atoms with E-state index in [9.17, 15) is 0 Å². The third-order valence-electron chi connectivity index (χ3n) is 2.45. The van der Waals surface area contributed by atoms with Crippen LogP contribution in [-0.4, -0.2) is 31.1 Å². The molecule has 0 aromatic heterocycles. The zero-order valence-corrected chi connectivity index (χ0v) is 12.0. The van der Waals surface area contributed by atoms with Crippen LogP contribution < -0.4 is 4.74 Å². The summed E-state index contributed by atoms with van der Waals surface area (Å²) in [6.07, 6.45) is 0. The summed E-state index contributed by atoms with van der Waals surface area (Å²) in [5.41, 5.74) is 0. The van der Waals surface area contributed by atoms with Crippen molar-refractivity contribution in [1.29, 1.82) is 0 Å². The Kier molecular flexibility index (Phi) is 6.17. The summed E-state index contributed by atoms with van der Waals surface area (Å²) < 4.78 is 6.60. The molecule has 0 N–H and O–H groups in total. The van der Waals surface area contributed by atoms with Crippen molar-refractivity contribution in [2.45, 2.75) is 13.8 Å². The molecule has 1 rings (SSSR count). The molecule has 0 saturated carbocycles. The van der Waals surface area contributed by atoms with Gasteiger partial charge in [0.25, 0.3) is 0 Å². The number of ether oxygens (including phenoxy) is 1. The number of benzene rings is 1. The maximum absolute atomic E-state index is 6.04. The van der Waals surface area contributed by atoms with Gasteiger partial charge in [-0.25, -0.2) is 0 Å². The van der Waals surface area contributed by atoms with Gasteiger partial charge in [-0.1, -0.05) is 41.4 Å². The van der Waals surface area contributed by atoms with Crippen LogP contribution in [0.2, 0.25) is 5.02 Å². The Morgan fingerprint density at radius 1 is 1.31 bits per heavy atom. The average Bonchev–Trinajstić information content (AvgIpc) is 2.27. The SMILES string of the molecule is CCN(CC)CCOc1ccc(Br)cc1Cl. The molecule has 0 aliphatic carbocycles. The zero-order valence-electron chi connectivity index (χ0n) is 9.67. The average molecular weight is 307 g/mol. The quantitative estimate of drug-likeness (QED) is 0.792. The zero-order chi connectivity index (χ0) is 12.0. The van der Waals surface area contributed by atoms with E-state index in [0.717, 1.165) is 29.9 Å². The van der Waals surface area contributed by atoms with E-state index < -0.39 is 0 Å². The number of nitrogens with zero attached hydrogens (tertiary/aromatic N) is 1. The molecule has 90 valence electrons. The molecule has 0 radical (unpaired) electrons. The van der Waals surface area contributed by atoms with Gasteiger partial charge in [0.2, 0.25) is 0 Å². The van der Waals surface area contributed by atoms with Crippen molar-refractivity contribution >= 4 is 27.5 Å². The second-order valence-electron chi connectivity index (χ2n) is 3.45. The lowest BCUT2D eigenvalue weighted by atomic mass is 10.3. The highest BCUT2D eigenvalue weighted by atomic mass is 79.9. The summed E-state index contributed by atoms with van der Waals surface area (Å²) in [6, 6.07) is 5.65. The van der Waals surface area contributed by atoms with Gasteiger partial charge in [-0.15, -0.1) is 0 Å². The Morgan fingerprint density at radius 2 is 2.00 bits per heavy atom. The molecule has 0 aliphatic heterocycles. The van der Waals surface area contributed by atoms with Crippen molar-refractivity contribution in [3.05, 3.63) is 27.7 Å². The van der Waals surface area contributed by atoms with Crippen LogP contribution in [0.25, 0.3) is 0 Å². The summed E-state index contributed by atoms with van der Waals surface area (Å²) in [5, 5.41) is 0.647. The molecular weight excluding hydrogens is 289 g/mol. The molecule has 0 atom stereocenters. The lowest BCUT2D eigenvalue weighted by Crippen LogP contribution is -2.27. The Hall–Kier alpha value is -0.250. The van der Waals surface area contributed by atoms with Gasteiger partial charge in [-0.05, 0) is 31.3 Å². The predicted molar refractivity (Wildman–Crippen MR) is 72.4 cm³/mol. The Balaban J connectivity index is 2.42. The van der Waals surface area contributed by atoms with Gasteiger partial charge in [0.15, 0.2) is 0 Å². The first kappa shape index (κ1) is 13.8. The third-order valence-corrected chi connectivity index (χ3v) is 3.24. The lowest BCUT2D eigenvalue weighted by molar-refractivity contribution is 0.223. The van der Waals surface area contributed by atoms with Gasteiger partial charge in [0.1, 0.15) is 12.4 Å². The normalized spacial score (nSPS) is 10.8. The van der Waals surface area contributed by atoms with Gasteiger partial charge in [-0.3, -0.25) is 0 Å². The fraction of sp³-hybridized carbons (Fsp3) is 0.500. The van der Waals surface area contributed by atoms with Crippen molar-refractivity contribution in [2.24, 2.45) is 0 Å². The third kappa shape index (κ3) is 4.32. The molecule has 16 heavy (non-hydrogen) atoms. The maximum atomic E-state index is 6.04. The lowest BCUT2D eigenvalue weighted by Gasteiger charge is -2.18. The fourth-order valence-corrected chi connectivity index (χ4v) is 2.14. The molecule has 0 unspecified atom stereocenters. The number of rotatable bonds is 6. The summed E-state index contributed by atoms with van der Waals surface area (Å²) in [5.74, 6) is 0.747. The van der Waals surface area contributed by atoms with E-state index >= 15 is 0 Å². The highest BCUT2D eigenvalue weighted by Crippen LogP contribution is 2.27. The second-order valence-corrected chi connectivity index (χ2v) is 4.77. The van der Waals surface area contributed by atoms with Gasteiger partial charge >= 0.3 is 0 Å². The Morgan fingerprint density at radius 3 is 2.56 bits per heavy atom. The van der Waals surface area contributed by atoms with E-state index in [1.165, 1.54) is 0 Å². The smallest absolute Gasteiger partial charge is 0.138 e. The largest absolute Gasteiger partial charge is 0.491 e. The molecule has 1 aromatic carbocycles. The first-order valence-electron chi connectivity index (χ1n) is 5.47. The van der Waals surface area contributed by atoms with Crippen LogP contribution in [0, 0.1) is 0 Å². The van der Waals surface area contributed by atoms with Crippen LogP contribution in [0.3, 0.4) is 0 Å². The molecule has 0 heterocycles. The monoisotopic (exact) mass is 305 g/mol. The molecule has 0 bridgehead atoms. The summed E-state index contributed by atoms with van der Waals surface area (Å²) in [6.45, 7) is 8.00. The van der Waals surface area contributed by atoms with Gasteiger partial charge < -0.3 is 9.64 Å². The van der Waals surface area contributed by atoms with Gasteiger partial charge in [0, 0.05) is 11.0 Å². The molecule has 0 amide bonds. The second kappa shape index (κ2) is 7.15. The van der Waals surface area contributed by atoms with E-state index in [1.54, 1.807) is 0 Å². The van der Waals surface area contributed by atoms with Gasteiger partial charge in [-0.2, -0.15) is 0 Å². The molecule has 0 saturated heterocycles. The Labute approximate surface area is 111 Å². The summed E-state index contributed by atoms with van der Waals surface area (Å²) in [7, 11) is 0. The van der Waals surface area contributed by atoms with Crippen LogP contribution in [0.4, 0.5) is 0 Å². The minimum absolute atomic E-state index is 0.647. The van der Waals surface area contributed by atoms with E-state index in [2.05, 4.69) is 34.7 Å². The highest BCUT2D eigenvalue weighted by Gasteiger charge is 2.03. The standard InChI is InChI=1S/C12H17BrClNO/c1-3-15(4-2)7-8-16-12-6-5-10(13)9-11(12)14/h5-6,9H,3-4,7-8H2,1-2H3. The molecule has 4 heteroatoms. The maximum Gasteiger partial charge on any atom is 0.138 e. The first-order chi connectivity index (χ1) is 7.67. The van der Waals surface area contributed by atoms with Crippen LogP contribution in [0.15, 0.2) is 22.7 Å². The minimum Gasteiger partial charge on any atom is -0.491 e. The molecule has 0 aliphatic rings. The van der Waals surface area contributed by atoms with Crippen molar-refractivity contribution in [3.63, 3.8) is 0 Å². The van der Waals surface area contributed by atoms with Crippen LogP contribution in [0.5, 0.6) is 5.75 Å². The minimum atomic E-state index is 0.647. The van der Waals surface area contributed by atoms with Crippen molar-refractivity contribution in [2.75, 3.05) is 26.2 Å². The number of halogens is 2. The van der Waals surface area contributed by atoms with Crippen LogP contribution >= 0.6 is 27.5 Å². The molecule has 2 nitrogen and oxygen atoms in total. The topological polar surface area (TPSA) is 12.5 Å². The predicted octanol–water partition coefficient (Wildman–Crippen LogP) is 3.82. The first-order valence-corrected chi connectivity index (χ1v) is 6.64. The molecular formula is C12H17BrClNO. The van der Waals surface area contributed by atoms with Crippen LogP contribution in [0.1, 0.15) is 13.8 Å². The molecule has 0 fully saturated rings. The summed E-state index contributed by atoms with van der Waals surface area (Å²) in [4.78, 5) is 2.31. The van der Waals surface area contributed by atoms with Crippen LogP contribution in [-0.2, 0) is 0 Å². The number of hydrogen-bond donors (Lipinski definition) is 0. The van der Waals surface area contributed by atoms with E-state index in [0.29, 0.717) is 11.6 Å². The highest BCUT2D eigenvalue weighted by molar-refractivity contribution is 9.10. The van der Waals surface area contributed by atoms with Gasteiger partial charge in [0.05, 0.1) is 5.02 Å². The molecule has 1 aromatic rings. The number of likely N-dealkylation sites (N-methyl/N-ethyl adjacent to an activating group) is 1. The van der Waals surface area contributed by atoms with Crippen molar-refractivity contribution < 1.29 is 4.74 Å². The fourth-order valence-electron chi connectivity index (χ4n) is 1.42. The Bertz CT molecular complexity index is 329. The van der Waals surface area contributed by atoms with E-state index in [-0.39, 0.29) is 0 Å². The summed E-state index contributed by atoms with van der Waals surface area (Å²) >= 11 is 9.41. The van der Waals surface area contributed by atoms with E-state index in [4.69, 9.17) is 16.3 Å². The van der Waals surface area contributed by atoms with Crippen molar-refractivity contribution in [1.82, 2.24) is 4.90 Å². The van der Waals surface area contributed by atoms with E-state index in [1.807, 2.05) is 18.2 Å². The van der Waals surface area contributed by atoms with Crippen molar-refractivity contribution in [3.8, 4) is 5.75 Å². The number of hydrogen-bond acceptors (Lipinski definition) is 2. The molecule has 0 spiro atoms.